The van der Waals surface area contributed by atoms with E-state index in [1.54, 1.807) is 0 Å². The van der Waals surface area contributed by atoms with E-state index in [1.807, 2.05) is 20.8 Å². The number of carbonyl (C=O) groups excluding carboxylic acids is 3. The average Bonchev–Trinajstić information content (AvgIpc) is 2.69. The Hall–Kier alpha value is -1.67. The van der Waals surface area contributed by atoms with Gasteiger partial charge in [-0.3, -0.25) is 9.59 Å². The molecule has 0 saturated carbocycles. The summed E-state index contributed by atoms with van der Waals surface area (Å²) < 4.78 is 14.9. The van der Waals surface area contributed by atoms with Crippen molar-refractivity contribution < 1.29 is 38.8 Å². The van der Waals surface area contributed by atoms with Crippen LogP contribution in [-0.2, 0) is 28.6 Å². The summed E-state index contributed by atoms with van der Waals surface area (Å²) in [4.78, 5) is 35.9. The first kappa shape index (κ1) is 30.5. The van der Waals surface area contributed by atoms with E-state index in [-0.39, 0.29) is 19.8 Å². The van der Waals surface area contributed by atoms with Gasteiger partial charge in [-0.15, -0.1) is 0 Å². The Balaban J connectivity index is 0. The van der Waals surface area contributed by atoms with Crippen molar-refractivity contribution >= 4 is 17.9 Å². The number of hydrogen-bond donors (Lipinski definition) is 2. The van der Waals surface area contributed by atoms with Crippen LogP contribution in [-0.4, -0.2) is 60.1 Å². The van der Waals surface area contributed by atoms with Crippen LogP contribution in [0.5, 0.6) is 0 Å². The number of carbonyl (C=O) groups is 3. The van der Waals surface area contributed by atoms with Gasteiger partial charge in [0.05, 0.1) is 32.7 Å². The zero-order chi connectivity index (χ0) is 23.3. The highest BCUT2D eigenvalue weighted by molar-refractivity contribution is 5.90. The molecule has 8 heteroatoms. The smallest absolute Gasteiger partial charge is 0.339 e. The lowest BCUT2D eigenvalue weighted by molar-refractivity contribution is -0.178. The highest BCUT2D eigenvalue weighted by Crippen LogP contribution is 2.20. The molecule has 0 aliphatic carbocycles. The van der Waals surface area contributed by atoms with Crippen molar-refractivity contribution in [1.82, 2.24) is 0 Å². The fourth-order valence-electron chi connectivity index (χ4n) is 2.05. The number of rotatable bonds is 16. The molecule has 0 saturated heterocycles. The molecule has 0 aliphatic heterocycles. The predicted octanol–water partition coefficient (Wildman–Crippen LogP) is 3.31. The van der Waals surface area contributed by atoms with Crippen molar-refractivity contribution in [3.8, 4) is 0 Å². The molecule has 0 heterocycles. The van der Waals surface area contributed by atoms with Crippen molar-refractivity contribution in [3.05, 3.63) is 0 Å². The molecule has 178 valence electrons. The SMILES string of the molecule is CCCCO.CCCCOC(=O)CC(O)(CC(=O)OCCCC)C(=O)OCCCC. The lowest BCUT2D eigenvalue weighted by Gasteiger charge is -2.24. The van der Waals surface area contributed by atoms with E-state index in [1.165, 1.54) is 0 Å². The third-order valence-corrected chi connectivity index (χ3v) is 4.02. The zero-order valence-electron chi connectivity index (χ0n) is 19.2. The quantitative estimate of drug-likeness (QED) is 0.216. The number of hydrogen-bond acceptors (Lipinski definition) is 8. The zero-order valence-corrected chi connectivity index (χ0v) is 19.2. The third-order valence-electron chi connectivity index (χ3n) is 4.02. The second-order valence-electron chi connectivity index (χ2n) is 7.10. The third kappa shape index (κ3) is 17.2. The lowest BCUT2D eigenvalue weighted by Crippen LogP contribution is -2.45. The molecule has 0 aromatic heterocycles. The molecule has 0 radical (unpaired) electrons. The maximum absolute atomic E-state index is 12.2. The summed E-state index contributed by atoms with van der Waals surface area (Å²) in [5.74, 6) is -2.49. The van der Waals surface area contributed by atoms with Crippen molar-refractivity contribution in [1.29, 1.82) is 0 Å². The Morgan fingerprint density at radius 2 is 1.03 bits per heavy atom. The number of aliphatic hydroxyl groups is 2. The van der Waals surface area contributed by atoms with Crippen LogP contribution in [0.1, 0.15) is 91.9 Å². The van der Waals surface area contributed by atoms with Gasteiger partial charge in [0, 0.05) is 6.61 Å². The Labute approximate surface area is 181 Å². The van der Waals surface area contributed by atoms with Crippen LogP contribution in [0.15, 0.2) is 0 Å². The van der Waals surface area contributed by atoms with Crippen molar-refractivity contribution in [2.45, 2.75) is 97.5 Å². The number of unbranched alkanes of at least 4 members (excludes halogenated alkanes) is 4. The van der Waals surface area contributed by atoms with Crippen LogP contribution in [0.4, 0.5) is 0 Å². The van der Waals surface area contributed by atoms with Gasteiger partial charge in [-0.25, -0.2) is 4.79 Å². The maximum Gasteiger partial charge on any atom is 0.339 e. The molecule has 0 aromatic rings. The monoisotopic (exact) mass is 434 g/mol. The van der Waals surface area contributed by atoms with Crippen LogP contribution in [0.2, 0.25) is 0 Å². The van der Waals surface area contributed by atoms with Crippen LogP contribution < -0.4 is 0 Å². The van der Waals surface area contributed by atoms with Crippen LogP contribution in [0.25, 0.3) is 0 Å². The molecule has 0 atom stereocenters. The fraction of sp³-hybridized carbons (Fsp3) is 0.864. The van der Waals surface area contributed by atoms with Crippen LogP contribution >= 0.6 is 0 Å². The molecule has 0 fully saturated rings. The first-order valence-corrected chi connectivity index (χ1v) is 11.1. The molecule has 2 N–H and O–H groups in total. The van der Waals surface area contributed by atoms with Gasteiger partial charge < -0.3 is 24.4 Å². The van der Waals surface area contributed by atoms with Crippen LogP contribution in [0.3, 0.4) is 0 Å². The minimum absolute atomic E-state index is 0.118. The lowest BCUT2D eigenvalue weighted by atomic mass is 9.95. The normalized spacial score (nSPS) is 10.6. The fourth-order valence-corrected chi connectivity index (χ4v) is 2.05. The van der Waals surface area contributed by atoms with Crippen molar-refractivity contribution in [3.63, 3.8) is 0 Å². The Morgan fingerprint density at radius 3 is 1.33 bits per heavy atom. The summed E-state index contributed by atoms with van der Waals surface area (Å²) in [7, 11) is 0. The van der Waals surface area contributed by atoms with Gasteiger partial charge in [-0.05, 0) is 25.7 Å². The summed E-state index contributed by atoms with van der Waals surface area (Å²) in [5, 5.41) is 18.6. The van der Waals surface area contributed by atoms with E-state index < -0.39 is 36.4 Å². The molecule has 0 bridgehead atoms. The Kier molecular flexibility index (Phi) is 21.0. The van der Waals surface area contributed by atoms with E-state index in [0.717, 1.165) is 32.1 Å². The molecule has 0 unspecified atom stereocenters. The predicted molar refractivity (Wildman–Crippen MR) is 114 cm³/mol. The van der Waals surface area contributed by atoms with Crippen molar-refractivity contribution in [2.24, 2.45) is 0 Å². The van der Waals surface area contributed by atoms with E-state index in [4.69, 9.17) is 19.3 Å². The van der Waals surface area contributed by atoms with Crippen LogP contribution in [0, 0.1) is 0 Å². The second kappa shape index (κ2) is 20.6. The van der Waals surface area contributed by atoms with Gasteiger partial charge in [-0.2, -0.15) is 0 Å². The minimum atomic E-state index is -2.26. The van der Waals surface area contributed by atoms with E-state index in [0.29, 0.717) is 25.9 Å². The highest BCUT2D eigenvalue weighted by Gasteiger charge is 2.43. The Bertz CT molecular complexity index is 424. The summed E-state index contributed by atoms with van der Waals surface area (Å²) in [6.45, 7) is 8.74. The standard InChI is InChI=1S/C18H32O7.C4H10O/c1-4-7-10-23-15(19)13-18(22,17(21)25-12-9-6-3)14-16(20)24-11-8-5-2;1-2-3-4-5/h22H,4-14H2,1-3H3;5H,2-4H2,1H3. The summed E-state index contributed by atoms with van der Waals surface area (Å²) in [6.07, 6.45) is 5.27. The molecule has 0 rings (SSSR count). The van der Waals surface area contributed by atoms with Gasteiger partial charge in [-0.1, -0.05) is 53.4 Å². The largest absolute Gasteiger partial charge is 0.466 e. The number of esters is 3. The number of ether oxygens (including phenoxy) is 3. The van der Waals surface area contributed by atoms with Gasteiger partial charge in [0.2, 0.25) is 0 Å². The van der Waals surface area contributed by atoms with Gasteiger partial charge in [0.25, 0.3) is 0 Å². The first-order valence-electron chi connectivity index (χ1n) is 11.1. The number of aliphatic hydroxyl groups excluding tert-OH is 1. The molecule has 0 aromatic carbocycles. The van der Waals surface area contributed by atoms with Gasteiger partial charge in [0.1, 0.15) is 0 Å². The second-order valence-corrected chi connectivity index (χ2v) is 7.10. The molecule has 0 amide bonds. The van der Waals surface area contributed by atoms with E-state index in [2.05, 4.69) is 6.92 Å². The summed E-state index contributed by atoms with van der Waals surface area (Å²) >= 11 is 0. The first-order chi connectivity index (χ1) is 14.3. The van der Waals surface area contributed by atoms with Crippen molar-refractivity contribution in [2.75, 3.05) is 26.4 Å². The van der Waals surface area contributed by atoms with E-state index in [9.17, 15) is 19.5 Å². The molecule has 0 aliphatic rings. The molecule has 0 spiro atoms. The molecular formula is C22H42O8. The topological polar surface area (TPSA) is 119 Å². The molecular weight excluding hydrogens is 392 g/mol. The minimum Gasteiger partial charge on any atom is -0.466 e. The average molecular weight is 435 g/mol. The maximum atomic E-state index is 12.2. The summed E-state index contributed by atoms with van der Waals surface area (Å²) in [6, 6.07) is 0. The summed E-state index contributed by atoms with van der Waals surface area (Å²) in [5.41, 5.74) is -2.26. The van der Waals surface area contributed by atoms with Gasteiger partial charge in [0.15, 0.2) is 5.60 Å². The molecule has 8 nitrogen and oxygen atoms in total. The van der Waals surface area contributed by atoms with Gasteiger partial charge >= 0.3 is 17.9 Å². The molecule has 30 heavy (non-hydrogen) atoms. The highest BCUT2D eigenvalue weighted by atomic mass is 16.6. The van der Waals surface area contributed by atoms with E-state index >= 15 is 0 Å². The Morgan fingerprint density at radius 1 is 0.667 bits per heavy atom.